The Balaban J connectivity index is 0.00000162. The molecular weight excluding hydrogens is 259 g/mol. The van der Waals surface area contributed by atoms with Gasteiger partial charge in [-0.15, -0.1) is 12.4 Å². The Morgan fingerprint density at radius 1 is 1.50 bits per heavy atom. The van der Waals surface area contributed by atoms with Crippen molar-refractivity contribution in [2.24, 2.45) is 0 Å². The highest BCUT2D eigenvalue weighted by Gasteiger charge is 2.21. The van der Waals surface area contributed by atoms with Crippen LogP contribution in [-0.4, -0.2) is 31.7 Å². The molecule has 1 heterocycles. The van der Waals surface area contributed by atoms with Gasteiger partial charge in [-0.3, -0.25) is 4.79 Å². The fourth-order valence-electron chi connectivity index (χ4n) is 1.77. The highest BCUT2D eigenvalue weighted by atomic mass is 35.5. The first-order chi connectivity index (χ1) is 8.15. The molecule has 0 saturated carbocycles. The number of amides is 1. The number of aryl methyl sites for hydroxylation is 1. The normalized spacial score (nSPS) is 18.9. The Hall–Kier alpha value is -1.17. The summed E-state index contributed by atoms with van der Waals surface area (Å²) in [6.07, 6.45) is -0.507. The first kappa shape index (κ1) is 14.9. The highest BCUT2D eigenvalue weighted by molar-refractivity contribution is 5.94. The minimum Gasteiger partial charge on any atom is -0.366 e. The number of carbonyl (C=O) groups is 1. The van der Waals surface area contributed by atoms with Gasteiger partial charge >= 0.3 is 0 Å². The van der Waals surface area contributed by atoms with E-state index < -0.39 is 6.10 Å². The molecule has 1 aliphatic rings. The average Bonchev–Trinajstić information content (AvgIpc) is 2.28. The zero-order valence-corrected chi connectivity index (χ0v) is 10.8. The summed E-state index contributed by atoms with van der Waals surface area (Å²) in [6.45, 7) is 3.53. The van der Waals surface area contributed by atoms with Gasteiger partial charge in [-0.25, -0.2) is 4.39 Å². The van der Waals surface area contributed by atoms with Gasteiger partial charge in [0.2, 0.25) is 0 Å². The third-order valence-corrected chi connectivity index (χ3v) is 2.53. The van der Waals surface area contributed by atoms with Crippen LogP contribution < -0.4 is 10.6 Å². The number of ether oxygens (including phenoxy) is 1. The van der Waals surface area contributed by atoms with E-state index in [1.165, 1.54) is 12.1 Å². The van der Waals surface area contributed by atoms with E-state index in [2.05, 4.69) is 10.6 Å². The Morgan fingerprint density at radius 3 is 2.89 bits per heavy atom. The average molecular weight is 275 g/mol. The van der Waals surface area contributed by atoms with Crippen LogP contribution in [0.3, 0.4) is 0 Å². The van der Waals surface area contributed by atoms with Crippen molar-refractivity contribution in [3.8, 4) is 0 Å². The van der Waals surface area contributed by atoms with Crippen molar-refractivity contribution in [1.29, 1.82) is 0 Å². The molecule has 1 aromatic rings. The zero-order valence-electron chi connectivity index (χ0n) is 10.0. The van der Waals surface area contributed by atoms with E-state index in [9.17, 15) is 9.18 Å². The summed E-state index contributed by atoms with van der Waals surface area (Å²) in [6, 6.07) is 4.42. The van der Waals surface area contributed by atoms with Crippen molar-refractivity contribution in [3.63, 3.8) is 0 Å². The van der Waals surface area contributed by atoms with Crippen LogP contribution in [0.15, 0.2) is 18.2 Å². The van der Waals surface area contributed by atoms with Gasteiger partial charge in [0.25, 0.3) is 5.91 Å². The molecule has 100 valence electrons. The molecule has 1 amide bonds. The number of rotatable bonds is 2. The quantitative estimate of drug-likeness (QED) is 0.859. The Bertz CT molecular complexity index is 402. The van der Waals surface area contributed by atoms with Gasteiger partial charge in [-0.1, -0.05) is 0 Å². The van der Waals surface area contributed by atoms with Crippen LogP contribution >= 0.6 is 12.4 Å². The van der Waals surface area contributed by atoms with E-state index in [1.807, 2.05) is 0 Å². The van der Waals surface area contributed by atoms with E-state index in [-0.39, 0.29) is 24.1 Å². The molecule has 2 N–H and O–H groups in total. The summed E-state index contributed by atoms with van der Waals surface area (Å²) in [4.78, 5) is 11.8. The number of benzene rings is 1. The van der Waals surface area contributed by atoms with Gasteiger partial charge < -0.3 is 15.4 Å². The minimum atomic E-state index is -0.507. The summed E-state index contributed by atoms with van der Waals surface area (Å²) < 4.78 is 18.4. The molecule has 1 saturated heterocycles. The summed E-state index contributed by atoms with van der Waals surface area (Å²) in [7, 11) is 0. The molecule has 1 unspecified atom stereocenters. The van der Waals surface area contributed by atoms with Crippen molar-refractivity contribution < 1.29 is 13.9 Å². The van der Waals surface area contributed by atoms with Crippen molar-refractivity contribution in [1.82, 2.24) is 5.32 Å². The van der Waals surface area contributed by atoms with Gasteiger partial charge in [-0.05, 0) is 30.7 Å². The third-order valence-electron chi connectivity index (χ3n) is 2.53. The summed E-state index contributed by atoms with van der Waals surface area (Å²) >= 11 is 0. The second kappa shape index (κ2) is 6.68. The molecule has 0 spiro atoms. The number of hydrogen-bond acceptors (Lipinski definition) is 3. The van der Waals surface area contributed by atoms with Crippen LogP contribution in [0.25, 0.3) is 0 Å². The van der Waals surface area contributed by atoms with E-state index >= 15 is 0 Å². The molecule has 6 heteroatoms. The van der Waals surface area contributed by atoms with Crippen LogP contribution in [0.2, 0.25) is 0 Å². The number of anilines is 1. The molecule has 1 aliphatic heterocycles. The molecule has 2 rings (SSSR count). The fraction of sp³-hybridized carbons (Fsp3) is 0.417. The molecule has 0 aromatic heterocycles. The Kier molecular flexibility index (Phi) is 5.53. The topological polar surface area (TPSA) is 50.4 Å². The van der Waals surface area contributed by atoms with Gasteiger partial charge in [0.1, 0.15) is 11.9 Å². The van der Waals surface area contributed by atoms with Crippen LogP contribution in [0.5, 0.6) is 0 Å². The SMILES string of the molecule is Cc1cc(F)cc(NC(=O)C2CNCCO2)c1.Cl. The van der Waals surface area contributed by atoms with Gasteiger partial charge in [0.05, 0.1) is 6.61 Å². The number of carbonyl (C=O) groups excluding carboxylic acids is 1. The second-order valence-corrected chi connectivity index (χ2v) is 4.07. The monoisotopic (exact) mass is 274 g/mol. The predicted molar refractivity (Wildman–Crippen MR) is 69.6 cm³/mol. The maximum atomic E-state index is 13.1. The lowest BCUT2D eigenvalue weighted by molar-refractivity contribution is -0.128. The van der Waals surface area contributed by atoms with Crippen LogP contribution in [0.1, 0.15) is 5.56 Å². The molecule has 18 heavy (non-hydrogen) atoms. The van der Waals surface area contributed by atoms with E-state index in [0.717, 1.165) is 12.1 Å². The summed E-state index contributed by atoms with van der Waals surface area (Å²) in [5.74, 6) is -0.606. The van der Waals surface area contributed by atoms with Crippen molar-refractivity contribution in [3.05, 3.63) is 29.6 Å². The number of nitrogens with one attached hydrogen (secondary N) is 2. The Labute approximate surface area is 111 Å². The predicted octanol–water partition coefficient (Wildman–Crippen LogP) is 1.48. The lowest BCUT2D eigenvalue weighted by atomic mass is 10.2. The first-order valence-corrected chi connectivity index (χ1v) is 5.55. The van der Waals surface area contributed by atoms with E-state index in [4.69, 9.17) is 4.74 Å². The number of hydrogen-bond donors (Lipinski definition) is 2. The lowest BCUT2D eigenvalue weighted by Crippen LogP contribution is -2.45. The van der Waals surface area contributed by atoms with E-state index in [0.29, 0.717) is 18.8 Å². The molecule has 1 aromatic carbocycles. The molecule has 0 bridgehead atoms. The zero-order chi connectivity index (χ0) is 12.3. The number of halogens is 2. The second-order valence-electron chi connectivity index (χ2n) is 4.07. The Morgan fingerprint density at radius 2 is 2.28 bits per heavy atom. The highest BCUT2D eigenvalue weighted by Crippen LogP contribution is 2.14. The summed E-state index contributed by atoms with van der Waals surface area (Å²) in [5, 5.41) is 5.71. The van der Waals surface area contributed by atoms with Crippen molar-refractivity contribution >= 4 is 24.0 Å². The van der Waals surface area contributed by atoms with Crippen molar-refractivity contribution in [2.75, 3.05) is 25.0 Å². The molecule has 1 atom stereocenters. The third kappa shape index (κ3) is 3.94. The molecule has 1 fully saturated rings. The van der Waals surface area contributed by atoms with Gasteiger partial charge in [0, 0.05) is 18.8 Å². The molecule has 0 aliphatic carbocycles. The summed E-state index contributed by atoms with van der Waals surface area (Å²) in [5.41, 5.74) is 1.23. The fourth-order valence-corrected chi connectivity index (χ4v) is 1.77. The molecular formula is C12H16ClFN2O2. The maximum Gasteiger partial charge on any atom is 0.254 e. The maximum absolute atomic E-state index is 13.1. The van der Waals surface area contributed by atoms with E-state index in [1.54, 1.807) is 13.0 Å². The molecule has 0 radical (unpaired) electrons. The lowest BCUT2D eigenvalue weighted by Gasteiger charge is -2.22. The smallest absolute Gasteiger partial charge is 0.254 e. The standard InChI is InChI=1S/C12H15FN2O2.ClH/c1-8-4-9(13)6-10(5-8)15-12(16)11-7-14-2-3-17-11;/h4-6,11,14H,2-3,7H2,1H3,(H,15,16);1H. The van der Waals surface area contributed by atoms with Gasteiger partial charge in [-0.2, -0.15) is 0 Å². The van der Waals surface area contributed by atoms with Gasteiger partial charge in [0.15, 0.2) is 0 Å². The number of morpholine rings is 1. The van der Waals surface area contributed by atoms with Crippen molar-refractivity contribution in [2.45, 2.75) is 13.0 Å². The largest absolute Gasteiger partial charge is 0.366 e. The first-order valence-electron chi connectivity index (χ1n) is 5.55. The van der Waals surface area contributed by atoms with Crippen LogP contribution in [0, 0.1) is 12.7 Å². The minimum absolute atomic E-state index is 0. The van der Waals surface area contributed by atoms with Crippen LogP contribution in [0.4, 0.5) is 10.1 Å². The molecule has 4 nitrogen and oxygen atoms in total. The van der Waals surface area contributed by atoms with Crippen LogP contribution in [-0.2, 0) is 9.53 Å².